The molecule has 3 heterocycles. The smallest absolute Gasteiger partial charge is 0.333 e. The molecule has 1 aliphatic heterocycles. The molecule has 5 nitrogen and oxygen atoms in total. The van der Waals surface area contributed by atoms with Crippen molar-refractivity contribution < 1.29 is 4.79 Å². The van der Waals surface area contributed by atoms with Gasteiger partial charge in [0.2, 0.25) is 0 Å². The lowest BCUT2D eigenvalue weighted by molar-refractivity contribution is 0.0728. The van der Waals surface area contributed by atoms with E-state index in [2.05, 4.69) is 16.0 Å². The number of benzene rings is 1. The topological polar surface area (TPSA) is 66.1 Å². The lowest BCUT2D eigenvalue weighted by atomic mass is 10.00. The van der Waals surface area contributed by atoms with E-state index in [-0.39, 0.29) is 11.6 Å². The molecule has 0 spiro atoms. The molecule has 0 bridgehead atoms. The van der Waals surface area contributed by atoms with Crippen molar-refractivity contribution in [2.24, 2.45) is 0 Å². The number of thiophene rings is 1. The Balaban J connectivity index is 1.65. The number of H-pyrrole nitrogens is 1. The lowest BCUT2D eigenvalue weighted by Crippen LogP contribution is -2.37. The van der Waals surface area contributed by atoms with Crippen molar-refractivity contribution in [3.63, 3.8) is 0 Å². The van der Waals surface area contributed by atoms with Crippen molar-refractivity contribution in [2.75, 3.05) is 6.54 Å². The highest BCUT2D eigenvalue weighted by atomic mass is 32.1. The molecule has 1 amide bonds. The van der Waals surface area contributed by atoms with E-state index >= 15 is 0 Å². The molecule has 2 aromatic heterocycles. The molecular weight excluding hydrogens is 322 g/mol. The van der Waals surface area contributed by atoms with Crippen LogP contribution in [0.3, 0.4) is 0 Å². The van der Waals surface area contributed by atoms with Gasteiger partial charge in [-0.1, -0.05) is 30.3 Å². The maximum absolute atomic E-state index is 12.8. The molecule has 1 aromatic carbocycles. The zero-order valence-electron chi connectivity index (χ0n) is 12.9. The minimum Gasteiger partial charge on any atom is -0.333 e. The summed E-state index contributed by atoms with van der Waals surface area (Å²) in [4.78, 5) is 33.9. The van der Waals surface area contributed by atoms with Crippen molar-refractivity contribution >= 4 is 17.2 Å². The Labute approximate surface area is 142 Å². The van der Waals surface area contributed by atoms with Gasteiger partial charge in [-0.3, -0.25) is 4.79 Å². The molecule has 0 atom stereocenters. The van der Waals surface area contributed by atoms with E-state index < -0.39 is 5.69 Å². The van der Waals surface area contributed by atoms with Gasteiger partial charge in [-0.25, -0.2) is 4.79 Å². The Hall–Kier alpha value is -2.73. The molecule has 3 aromatic rings. The van der Waals surface area contributed by atoms with Gasteiger partial charge in [0.1, 0.15) is 5.69 Å². The number of amides is 1. The number of aromatic amines is 1. The summed E-state index contributed by atoms with van der Waals surface area (Å²) in [7, 11) is 0. The third-order valence-electron chi connectivity index (χ3n) is 4.17. The summed E-state index contributed by atoms with van der Waals surface area (Å²) in [6, 6.07) is 13.6. The monoisotopic (exact) mass is 337 g/mol. The van der Waals surface area contributed by atoms with Crippen LogP contribution in [0.5, 0.6) is 0 Å². The van der Waals surface area contributed by atoms with Crippen LogP contribution in [0.15, 0.2) is 52.6 Å². The van der Waals surface area contributed by atoms with Gasteiger partial charge in [-0.2, -0.15) is 4.98 Å². The Morgan fingerprint density at radius 1 is 1.17 bits per heavy atom. The first kappa shape index (κ1) is 14.8. The molecule has 0 fully saturated rings. The van der Waals surface area contributed by atoms with Crippen LogP contribution in [0.25, 0.3) is 10.6 Å². The second-order valence-electron chi connectivity index (χ2n) is 5.71. The van der Waals surface area contributed by atoms with Gasteiger partial charge in [0, 0.05) is 13.1 Å². The number of hydrogen-bond acceptors (Lipinski definition) is 4. The van der Waals surface area contributed by atoms with Crippen molar-refractivity contribution in [3.05, 3.63) is 75.1 Å². The number of fused-ring (bicyclic) bond motifs is 1. The highest BCUT2D eigenvalue weighted by Gasteiger charge is 2.23. The van der Waals surface area contributed by atoms with Gasteiger partial charge < -0.3 is 9.88 Å². The third kappa shape index (κ3) is 2.76. The minimum absolute atomic E-state index is 0.196. The standard InChI is InChI=1S/C18H15N3O2S/c22-17(21-8-7-12-4-1-2-5-13(12)11-21)15-10-14(19-18(23)20-15)16-6-3-9-24-16/h1-6,9-10H,7-8,11H2,(H,19,20,23). The zero-order chi connectivity index (χ0) is 16.5. The number of rotatable bonds is 2. The highest BCUT2D eigenvalue weighted by Crippen LogP contribution is 2.23. The van der Waals surface area contributed by atoms with Gasteiger partial charge >= 0.3 is 5.69 Å². The van der Waals surface area contributed by atoms with Crippen LogP contribution in [0, 0.1) is 0 Å². The first-order valence-corrected chi connectivity index (χ1v) is 8.60. The predicted molar refractivity (Wildman–Crippen MR) is 93.1 cm³/mol. The van der Waals surface area contributed by atoms with Gasteiger partial charge in [-0.05, 0) is 35.1 Å². The molecule has 120 valence electrons. The summed E-state index contributed by atoms with van der Waals surface area (Å²) >= 11 is 1.51. The fourth-order valence-corrected chi connectivity index (χ4v) is 3.66. The van der Waals surface area contributed by atoms with Crippen LogP contribution in [-0.2, 0) is 13.0 Å². The maximum Gasteiger partial charge on any atom is 0.346 e. The average molecular weight is 337 g/mol. The largest absolute Gasteiger partial charge is 0.346 e. The first-order chi connectivity index (χ1) is 11.7. The fraction of sp³-hybridized carbons (Fsp3) is 0.167. The van der Waals surface area contributed by atoms with Crippen LogP contribution in [-0.4, -0.2) is 27.3 Å². The molecule has 4 rings (SSSR count). The van der Waals surface area contributed by atoms with E-state index in [9.17, 15) is 9.59 Å². The minimum atomic E-state index is -0.498. The Morgan fingerprint density at radius 2 is 2.00 bits per heavy atom. The van der Waals surface area contributed by atoms with Crippen LogP contribution >= 0.6 is 11.3 Å². The molecule has 1 N–H and O–H groups in total. The fourth-order valence-electron chi connectivity index (χ4n) is 2.96. The molecule has 6 heteroatoms. The summed E-state index contributed by atoms with van der Waals surface area (Å²) < 4.78 is 0. The van der Waals surface area contributed by atoms with E-state index in [0.29, 0.717) is 18.8 Å². The molecule has 0 saturated heterocycles. The second-order valence-corrected chi connectivity index (χ2v) is 6.66. The number of carbonyl (C=O) groups is 1. The maximum atomic E-state index is 12.8. The van der Waals surface area contributed by atoms with Crippen molar-refractivity contribution in [2.45, 2.75) is 13.0 Å². The van der Waals surface area contributed by atoms with Gasteiger partial charge in [0.05, 0.1) is 10.6 Å². The summed E-state index contributed by atoms with van der Waals surface area (Å²) in [5.41, 5.74) is 2.76. The van der Waals surface area contributed by atoms with Crippen LogP contribution < -0.4 is 5.69 Å². The van der Waals surface area contributed by atoms with Crippen LogP contribution in [0.4, 0.5) is 0 Å². The number of carbonyl (C=O) groups excluding carboxylic acids is 1. The van der Waals surface area contributed by atoms with E-state index in [1.807, 2.05) is 35.7 Å². The molecule has 24 heavy (non-hydrogen) atoms. The summed E-state index contributed by atoms with van der Waals surface area (Å²) in [6.07, 6.45) is 0.822. The Morgan fingerprint density at radius 3 is 2.79 bits per heavy atom. The lowest BCUT2D eigenvalue weighted by Gasteiger charge is -2.28. The van der Waals surface area contributed by atoms with Crippen molar-refractivity contribution in [1.29, 1.82) is 0 Å². The van der Waals surface area contributed by atoms with Gasteiger partial charge in [0.15, 0.2) is 0 Å². The molecular formula is C18H15N3O2S. The second kappa shape index (κ2) is 6.05. The third-order valence-corrected chi connectivity index (χ3v) is 5.07. The van der Waals surface area contributed by atoms with Gasteiger partial charge in [-0.15, -0.1) is 11.3 Å². The molecule has 0 radical (unpaired) electrons. The van der Waals surface area contributed by atoms with E-state index in [1.54, 1.807) is 11.0 Å². The van der Waals surface area contributed by atoms with E-state index in [1.165, 1.54) is 16.9 Å². The molecule has 0 aliphatic carbocycles. The van der Waals surface area contributed by atoms with Crippen molar-refractivity contribution in [1.82, 2.24) is 14.9 Å². The highest BCUT2D eigenvalue weighted by molar-refractivity contribution is 7.13. The number of nitrogens with zero attached hydrogens (tertiary/aromatic N) is 2. The Bertz CT molecular complexity index is 947. The molecule has 0 saturated carbocycles. The predicted octanol–water partition coefficient (Wildman–Crippen LogP) is 2.70. The Kier molecular flexibility index (Phi) is 3.74. The number of nitrogens with one attached hydrogen (secondary N) is 1. The van der Waals surface area contributed by atoms with Crippen LogP contribution in [0.2, 0.25) is 0 Å². The van der Waals surface area contributed by atoms with E-state index in [4.69, 9.17) is 0 Å². The number of hydrogen-bond donors (Lipinski definition) is 1. The van der Waals surface area contributed by atoms with Gasteiger partial charge in [0.25, 0.3) is 5.91 Å². The summed E-state index contributed by atoms with van der Waals surface area (Å²) in [6.45, 7) is 1.19. The van der Waals surface area contributed by atoms with Crippen LogP contribution in [0.1, 0.15) is 21.6 Å². The summed E-state index contributed by atoms with van der Waals surface area (Å²) in [5.74, 6) is -0.201. The zero-order valence-corrected chi connectivity index (χ0v) is 13.7. The molecule has 0 unspecified atom stereocenters. The summed E-state index contributed by atoms with van der Waals surface area (Å²) in [5, 5.41) is 1.93. The van der Waals surface area contributed by atoms with E-state index in [0.717, 1.165) is 16.9 Å². The number of aromatic nitrogens is 2. The van der Waals surface area contributed by atoms with Crippen molar-refractivity contribution in [3.8, 4) is 10.6 Å². The quantitative estimate of drug-likeness (QED) is 0.782. The normalized spacial score (nSPS) is 13.6. The molecule has 1 aliphatic rings. The average Bonchev–Trinajstić information content (AvgIpc) is 3.15. The first-order valence-electron chi connectivity index (χ1n) is 7.72. The SMILES string of the molecule is O=C(c1cc(-c2cccs2)[nH]c(=O)n1)N1CCc2ccccc2C1.